The van der Waals surface area contributed by atoms with E-state index in [1.165, 1.54) is 0 Å². The topological polar surface area (TPSA) is 48.2 Å². The standard InChI is InChI=1S/C10H10N4S/c1-13-3-2-7(5-13)8-6-15-9-4-12-10(11)14(8)9/h2-6H,1H3,(H2,11,12). The molecule has 0 saturated carbocycles. The second-order valence-electron chi connectivity index (χ2n) is 3.48. The molecule has 15 heavy (non-hydrogen) atoms. The van der Waals surface area contributed by atoms with E-state index < -0.39 is 0 Å². The van der Waals surface area contributed by atoms with Gasteiger partial charge in [-0.05, 0) is 6.07 Å². The monoisotopic (exact) mass is 218 g/mol. The summed E-state index contributed by atoms with van der Waals surface area (Å²) >= 11 is 1.65. The van der Waals surface area contributed by atoms with Crippen molar-refractivity contribution in [3.63, 3.8) is 0 Å². The first-order valence-corrected chi connectivity index (χ1v) is 5.46. The van der Waals surface area contributed by atoms with Gasteiger partial charge in [0.05, 0.1) is 11.9 Å². The number of aromatic nitrogens is 3. The molecule has 0 aliphatic heterocycles. The number of thiazole rings is 1. The summed E-state index contributed by atoms with van der Waals surface area (Å²) in [6.07, 6.45) is 5.89. The molecule has 0 fully saturated rings. The number of nitrogens with zero attached hydrogens (tertiary/aromatic N) is 3. The third-order valence-corrected chi connectivity index (χ3v) is 3.29. The predicted molar refractivity (Wildman–Crippen MR) is 61.9 cm³/mol. The first kappa shape index (κ1) is 8.55. The van der Waals surface area contributed by atoms with Gasteiger partial charge >= 0.3 is 0 Å². The van der Waals surface area contributed by atoms with Crippen LogP contribution in [0.25, 0.3) is 16.1 Å². The summed E-state index contributed by atoms with van der Waals surface area (Å²) in [4.78, 5) is 5.17. The summed E-state index contributed by atoms with van der Waals surface area (Å²) < 4.78 is 3.99. The third kappa shape index (κ3) is 1.16. The number of aryl methyl sites for hydroxylation is 1. The van der Waals surface area contributed by atoms with Gasteiger partial charge < -0.3 is 10.3 Å². The molecule has 3 rings (SSSR count). The van der Waals surface area contributed by atoms with Crippen LogP contribution >= 0.6 is 11.3 Å². The maximum atomic E-state index is 5.82. The minimum absolute atomic E-state index is 0.546. The van der Waals surface area contributed by atoms with Crippen LogP contribution in [-0.4, -0.2) is 14.0 Å². The highest BCUT2D eigenvalue weighted by Crippen LogP contribution is 2.28. The van der Waals surface area contributed by atoms with Crippen LogP contribution in [0.5, 0.6) is 0 Å². The molecular formula is C10H10N4S. The van der Waals surface area contributed by atoms with Crippen molar-refractivity contribution >= 4 is 22.1 Å². The van der Waals surface area contributed by atoms with Crippen LogP contribution in [0.4, 0.5) is 5.95 Å². The zero-order chi connectivity index (χ0) is 10.4. The molecule has 3 heterocycles. The fourth-order valence-electron chi connectivity index (χ4n) is 1.70. The average Bonchev–Trinajstić information content (AvgIpc) is 2.84. The molecule has 0 atom stereocenters. The SMILES string of the molecule is Cn1ccc(-c2csc3cnc(N)n23)c1. The highest BCUT2D eigenvalue weighted by Gasteiger charge is 2.09. The molecule has 2 N–H and O–H groups in total. The van der Waals surface area contributed by atoms with Gasteiger partial charge in [0, 0.05) is 30.4 Å². The highest BCUT2D eigenvalue weighted by molar-refractivity contribution is 7.16. The molecule has 0 bridgehead atoms. The van der Waals surface area contributed by atoms with Crippen molar-refractivity contribution in [3.05, 3.63) is 30.0 Å². The summed E-state index contributed by atoms with van der Waals surface area (Å²) in [7, 11) is 2.00. The predicted octanol–water partition coefficient (Wildman–Crippen LogP) is 1.98. The lowest BCUT2D eigenvalue weighted by Crippen LogP contribution is -1.94. The number of nitrogens with two attached hydrogens (primary N) is 1. The van der Waals surface area contributed by atoms with Crippen molar-refractivity contribution in [1.82, 2.24) is 14.0 Å². The molecule has 3 aromatic rings. The summed E-state index contributed by atoms with van der Waals surface area (Å²) in [5.74, 6) is 0.546. The van der Waals surface area contributed by atoms with Crippen LogP contribution < -0.4 is 5.73 Å². The van der Waals surface area contributed by atoms with Gasteiger partial charge in [0.15, 0.2) is 0 Å². The lowest BCUT2D eigenvalue weighted by atomic mass is 10.3. The second-order valence-corrected chi connectivity index (χ2v) is 4.37. The molecule has 0 saturated heterocycles. The van der Waals surface area contributed by atoms with Crippen molar-refractivity contribution in [3.8, 4) is 11.3 Å². The molecule has 76 valence electrons. The first-order chi connectivity index (χ1) is 7.25. The van der Waals surface area contributed by atoms with E-state index in [0.717, 1.165) is 16.1 Å². The molecular weight excluding hydrogens is 208 g/mol. The normalized spacial score (nSPS) is 11.3. The maximum absolute atomic E-state index is 5.82. The molecule has 0 aliphatic carbocycles. The Labute approximate surface area is 90.6 Å². The molecule has 4 nitrogen and oxygen atoms in total. The van der Waals surface area contributed by atoms with Gasteiger partial charge in [-0.15, -0.1) is 11.3 Å². The molecule has 0 aliphatic rings. The van der Waals surface area contributed by atoms with Gasteiger partial charge in [-0.3, -0.25) is 4.40 Å². The van der Waals surface area contributed by atoms with E-state index in [4.69, 9.17) is 5.73 Å². The fourth-order valence-corrected chi connectivity index (χ4v) is 2.58. The second kappa shape index (κ2) is 2.87. The Balaban J connectivity index is 2.30. The summed E-state index contributed by atoms with van der Waals surface area (Å²) in [5, 5.41) is 2.10. The Morgan fingerprint density at radius 1 is 1.47 bits per heavy atom. The van der Waals surface area contributed by atoms with Crippen molar-refractivity contribution < 1.29 is 0 Å². The quantitative estimate of drug-likeness (QED) is 0.679. The maximum Gasteiger partial charge on any atom is 0.206 e. The summed E-state index contributed by atoms with van der Waals surface area (Å²) in [6, 6.07) is 2.07. The van der Waals surface area contributed by atoms with Crippen LogP contribution in [0.3, 0.4) is 0 Å². The Kier molecular flexibility index (Phi) is 1.63. The number of nitrogen functional groups attached to an aromatic ring is 1. The Morgan fingerprint density at radius 3 is 3.07 bits per heavy atom. The third-order valence-electron chi connectivity index (χ3n) is 2.42. The summed E-state index contributed by atoms with van der Waals surface area (Å²) in [6.45, 7) is 0. The lowest BCUT2D eigenvalue weighted by molar-refractivity contribution is 0.928. The van der Waals surface area contributed by atoms with Crippen LogP contribution in [0, 0.1) is 0 Å². The van der Waals surface area contributed by atoms with Crippen molar-refractivity contribution in [2.24, 2.45) is 7.05 Å². The van der Waals surface area contributed by atoms with Crippen molar-refractivity contribution in [1.29, 1.82) is 0 Å². The molecule has 3 aromatic heterocycles. The summed E-state index contributed by atoms with van der Waals surface area (Å²) in [5.41, 5.74) is 8.08. The molecule has 0 unspecified atom stereocenters. The largest absolute Gasteiger partial charge is 0.369 e. The minimum atomic E-state index is 0.546. The van der Waals surface area contributed by atoms with Crippen molar-refractivity contribution in [2.75, 3.05) is 5.73 Å². The molecule has 0 radical (unpaired) electrons. The molecule has 5 heteroatoms. The van der Waals surface area contributed by atoms with Gasteiger partial charge in [0.25, 0.3) is 0 Å². The number of anilines is 1. The van der Waals surface area contributed by atoms with E-state index in [-0.39, 0.29) is 0 Å². The van der Waals surface area contributed by atoms with Crippen LogP contribution in [0.15, 0.2) is 30.0 Å². The first-order valence-electron chi connectivity index (χ1n) is 4.58. The highest BCUT2D eigenvalue weighted by atomic mass is 32.1. The Morgan fingerprint density at radius 2 is 2.33 bits per heavy atom. The van der Waals surface area contributed by atoms with E-state index >= 15 is 0 Å². The number of rotatable bonds is 1. The minimum Gasteiger partial charge on any atom is -0.369 e. The number of hydrogen-bond donors (Lipinski definition) is 1. The number of imidazole rings is 1. The smallest absolute Gasteiger partial charge is 0.206 e. The molecule has 0 amide bonds. The lowest BCUT2D eigenvalue weighted by Gasteiger charge is -1.96. The molecule has 0 spiro atoms. The van der Waals surface area contributed by atoms with E-state index in [0.29, 0.717) is 5.95 Å². The van der Waals surface area contributed by atoms with Crippen LogP contribution in [0.2, 0.25) is 0 Å². The molecule has 0 aromatic carbocycles. The average molecular weight is 218 g/mol. The van der Waals surface area contributed by atoms with Gasteiger partial charge in [-0.1, -0.05) is 0 Å². The Hall–Kier alpha value is -1.75. The van der Waals surface area contributed by atoms with E-state index in [9.17, 15) is 0 Å². The van der Waals surface area contributed by atoms with E-state index in [1.54, 1.807) is 17.5 Å². The fraction of sp³-hybridized carbons (Fsp3) is 0.100. The Bertz CT molecular complexity index is 616. The van der Waals surface area contributed by atoms with Gasteiger partial charge in [-0.2, -0.15) is 0 Å². The van der Waals surface area contributed by atoms with Crippen molar-refractivity contribution in [2.45, 2.75) is 0 Å². The van der Waals surface area contributed by atoms with Gasteiger partial charge in [-0.25, -0.2) is 4.98 Å². The van der Waals surface area contributed by atoms with Gasteiger partial charge in [0.2, 0.25) is 5.95 Å². The van der Waals surface area contributed by atoms with E-state index in [2.05, 4.69) is 22.6 Å². The van der Waals surface area contributed by atoms with E-state index in [1.807, 2.05) is 22.2 Å². The zero-order valence-corrected chi connectivity index (χ0v) is 9.03. The van der Waals surface area contributed by atoms with Crippen LogP contribution in [-0.2, 0) is 7.05 Å². The number of fused-ring (bicyclic) bond motifs is 1. The number of hydrogen-bond acceptors (Lipinski definition) is 3. The van der Waals surface area contributed by atoms with Crippen LogP contribution in [0.1, 0.15) is 0 Å². The van der Waals surface area contributed by atoms with Gasteiger partial charge in [0.1, 0.15) is 4.83 Å². The zero-order valence-electron chi connectivity index (χ0n) is 8.21.